The number of piperidine rings is 1. The Labute approximate surface area is 196 Å². The van der Waals surface area contributed by atoms with Crippen LogP contribution in [0.3, 0.4) is 0 Å². The Morgan fingerprint density at radius 1 is 1.27 bits per heavy atom. The lowest BCUT2D eigenvalue weighted by Crippen LogP contribution is -2.48. The Bertz CT molecular complexity index is 828. The lowest BCUT2D eigenvalue weighted by Gasteiger charge is -2.38. The molecule has 2 fully saturated rings. The molecule has 1 atom stereocenters. The molecule has 4 N–H and O–H groups in total. The van der Waals surface area contributed by atoms with E-state index in [2.05, 4.69) is 22.1 Å². The standard InChI is InChI=1S/C22H31FN4O2.C2H6O2.H2/c1-4-5-21(28)24-16(3)26-11-8-17(9-12-26)27-13-10-20(22(27)29)25-19-7-6-15(2)14-18(19)23;1-2(3)4;/h6-7,14,17,20,25H,3-5,8-13H2,1-2H3,(H,24,28);2-4H,1H3;1H/t20-;;/m0../s1. The topological polar surface area (TPSA) is 105 Å². The van der Waals surface area contributed by atoms with Gasteiger partial charge < -0.3 is 30.6 Å². The van der Waals surface area contributed by atoms with E-state index in [-0.39, 0.29) is 31.1 Å². The molecule has 9 heteroatoms. The fourth-order valence-electron chi connectivity index (χ4n) is 4.10. The SMILES string of the molecule is C=C(NC(=O)CCC)N1CCC(N2CC[C@H](Nc3ccc(C)cc3F)C2=O)CC1.CC(O)O.[HH]. The molecule has 0 radical (unpaired) electrons. The fourth-order valence-corrected chi connectivity index (χ4v) is 4.10. The first kappa shape index (κ1) is 26.6. The van der Waals surface area contributed by atoms with E-state index in [0.29, 0.717) is 30.9 Å². The fraction of sp³-hybridized carbons (Fsp3) is 0.583. The van der Waals surface area contributed by atoms with E-state index >= 15 is 0 Å². The van der Waals surface area contributed by atoms with Gasteiger partial charge >= 0.3 is 0 Å². The largest absolute Gasteiger partial charge is 0.371 e. The summed E-state index contributed by atoms with van der Waals surface area (Å²) in [7, 11) is 0. The Kier molecular flexibility index (Phi) is 10.1. The maximum atomic E-state index is 14.1. The predicted molar refractivity (Wildman–Crippen MR) is 128 cm³/mol. The third kappa shape index (κ3) is 8.01. The van der Waals surface area contributed by atoms with Gasteiger partial charge in [0.25, 0.3) is 0 Å². The molecule has 2 saturated heterocycles. The third-order valence-electron chi connectivity index (χ3n) is 5.74. The number of amides is 2. The Morgan fingerprint density at radius 3 is 2.48 bits per heavy atom. The number of likely N-dealkylation sites (tertiary alicyclic amines) is 2. The Morgan fingerprint density at radius 2 is 1.91 bits per heavy atom. The van der Waals surface area contributed by atoms with Gasteiger partial charge in [0.1, 0.15) is 24.0 Å². The number of halogens is 1. The van der Waals surface area contributed by atoms with Crippen LogP contribution < -0.4 is 10.6 Å². The minimum Gasteiger partial charge on any atom is -0.371 e. The Hall–Kier alpha value is -2.65. The van der Waals surface area contributed by atoms with Crippen LogP contribution in [0.15, 0.2) is 30.6 Å². The molecule has 1 aromatic rings. The molecule has 186 valence electrons. The van der Waals surface area contributed by atoms with Crippen LogP contribution in [0.1, 0.15) is 52.9 Å². The number of rotatable bonds is 7. The molecule has 3 rings (SSSR count). The van der Waals surface area contributed by atoms with Crippen LogP contribution in [0, 0.1) is 12.7 Å². The predicted octanol–water partition coefficient (Wildman–Crippen LogP) is 2.56. The average molecular weight is 467 g/mol. The van der Waals surface area contributed by atoms with E-state index in [1.807, 2.05) is 24.8 Å². The maximum absolute atomic E-state index is 14.1. The van der Waals surface area contributed by atoms with E-state index in [9.17, 15) is 14.0 Å². The number of anilines is 1. The second kappa shape index (κ2) is 12.6. The zero-order valence-electron chi connectivity index (χ0n) is 19.8. The quantitative estimate of drug-likeness (QED) is 0.461. The van der Waals surface area contributed by atoms with Crippen LogP contribution in [0.2, 0.25) is 0 Å². The molecule has 0 spiro atoms. The zero-order chi connectivity index (χ0) is 24.5. The summed E-state index contributed by atoms with van der Waals surface area (Å²) in [5.74, 6) is 0.349. The molecule has 1 aromatic carbocycles. The van der Waals surface area contributed by atoms with Crippen LogP contribution in [0.5, 0.6) is 0 Å². The van der Waals surface area contributed by atoms with Gasteiger partial charge in [0.2, 0.25) is 11.8 Å². The molecule has 2 aliphatic rings. The van der Waals surface area contributed by atoms with Crippen LogP contribution in [-0.4, -0.2) is 69.8 Å². The average Bonchev–Trinajstić information content (AvgIpc) is 3.10. The van der Waals surface area contributed by atoms with Gasteiger partial charge in [-0.05, 0) is 57.2 Å². The number of hydrogen-bond acceptors (Lipinski definition) is 6. The number of aliphatic hydroxyl groups excluding tert-OH is 1. The monoisotopic (exact) mass is 466 g/mol. The van der Waals surface area contributed by atoms with E-state index in [1.54, 1.807) is 6.07 Å². The molecule has 0 bridgehead atoms. The van der Waals surface area contributed by atoms with Crippen molar-refractivity contribution in [1.82, 2.24) is 15.1 Å². The number of aryl methyl sites for hydroxylation is 1. The number of benzene rings is 1. The van der Waals surface area contributed by atoms with Gasteiger partial charge in [-0.2, -0.15) is 0 Å². The van der Waals surface area contributed by atoms with Crippen LogP contribution >= 0.6 is 0 Å². The van der Waals surface area contributed by atoms with E-state index < -0.39 is 6.29 Å². The van der Waals surface area contributed by atoms with E-state index in [1.165, 1.54) is 13.0 Å². The highest BCUT2D eigenvalue weighted by Gasteiger charge is 2.37. The summed E-state index contributed by atoms with van der Waals surface area (Å²) >= 11 is 0. The first-order valence-corrected chi connectivity index (χ1v) is 11.5. The first-order valence-electron chi connectivity index (χ1n) is 11.5. The lowest BCUT2D eigenvalue weighted by atomic mass is 10.0. The van der Waals surface area contributed by atoms with Gasteiger partial charge in [0, 0.05) is 33.5 Å². The van der Waals surface area contributed by atoms with Gasteiger partial charge in [-0.15, -0.1) is 0 Å². The summed E-state index contributed by atoms with van der Waals surface area (Å²) < 4.78 is 14.1. The van der Waals surface area contributed by atoms with Gasteiger partial charge in [-0.25, -0.2) is 4.39 Å². The van der Waals surface area contributed by atoms with Crippen molar-refractivity contribution in [3.05, 3.63) is 42.0 Å². The molecule has 2 heterocycles. The number of hydrogen-bond donors (Lipinski definition) is 4. The zero-order valence-corrected chi connectivity index (χ0v) is 19.8. The summed E-state index contributed by atoms with van der Waals surface area (Å²) in [6, 6.07) is 4.80. The van der Waals surface area contributed by atoms with Crippen molar-refractivity contribution in [2.24, 2.45) is 0 Å². The van der Waals surface area contributed by atoms with Gasteiger partial charge in [-0.3, -0.25) is 9.59 Å². The van der Waals surface area contributed by atoms with Gasteiger partial charge in [0.05, 0.1) is 5.69 Å². The molecule has 2 aliphatic heterocycles. The minimum atomic E-state index is -1.17. The van der Waals surface area contributed by atoms with Crippen LogP contribution in [0.4, 0.5) is 10.1 Å². The van der Waals surface area contributed by atoms with Crippen molar-refractivity contribution in [3.8, 4) is 0 Å². The molecule has 8 nitrogen and oxygen atoms in total. The normalized spacial score (nSPS) is 18.8. The summed E-state index contributed by atoms with van der Waals surface area (Å²) in [6.07, 6.45) is 2.47. The molecule has 0 aliphatic carbocycles. The third-order valence-corrected chi connectivity index (χ3v) is 5.74. The second-order valence-corrected chi connectivity index (χ2v) is 8.60. The van der Waals surface area contributed by atoms with Crippen LogP contribution in [0.25, 0.3) is 0 Å². The molecule has 33 heavy (non-hydrogen) atoms. The van der Waals surface area contributed by atoms with Crippen molar-refractivity contribution in [2.75, 3.05) is 25.0 Å². The van der Waals surface area contributed by atoms with Crippen molar-refractivity contribution in [1.29, 1.82) is 0 Å². The van der Waals surface area contributed by atoms with Crippen molar-refractivity contribution >= 4 is 17.5 Å². The van der Waals surface area contributed by atoms with Crippen molar-refractivity contribution in [3.63, 3.8) is 0 Å². The molecule has 0 aromatic heterocycles. The molecule has 2 amide bonds. The highest BCUT2D eigenvalue weighted by Crippen LogP contribution is 2.26. The van der Waals surface area contributed by atoms with Gasteiger partial charge in [0.15, 0.2) is 0 Å². The number of carbonyl (C=O) groups excluding carboxylic acids is 2. The Balaban J connectivity index is 0.00000107. The van der Waals surface area contributed by atoms with E-state index in [0.717, 1.165) is 37.9 Å². The maximum Gasteiger partial charge on any atom is 0.245 e. The highest BCUT2D eigenvalue weighted by molar-refractivity contribution is 5.87. The number of nitrogens with zero attached hydrogens (tertiary/aromatic N) is 2. The second-order valence-electron chi connectivity index (χ2n) is 8.60. The number of aliphatic hydroxyl groups is 2. The molecule has 0 unspecified atom stereocenters. The molecular weight excluding hydrogens is 427 g/mol. The van der Waals surface area contributed by atoms with Crippen molar-refractivity contribution in [2.45, 2.75) is 71.2 Å². The molecular formula is C24H39FN4O4. The minimum absolute atomic E-state index is 0. The summed E-state index contributed by atoms with van der Waals surface area (Å²) in [5, 5.41) is 21.2. The molecule has 0 saturated carbocycles. The summed E-state index contributed by atoms with van der Waals surface area (Å²) in [4.78, 5) is 28.6. The first-order chi connectivity index (χ1) is 15.6. The number of nitrogens with one attached hydrogen (secondary N) is 2. The summed E-state index contributed by atoms with van der Waals surface area (Å²) in [5.41, 5.74) is 1.23. The smallest absolute Gasteiger partial charge is 0.245 e. The highest BCUT2D eigenvalue weighted by atomic mass is 19.1. The van der Waals surface area contributed by atoms with Gasteiger partial charge in [-0.1, -0.05) is 19.6 Å². The lowest BCUT2D eigenvalue weighted by molar-refractivity contribution is -0.131. The number of carbonyl (C=O) groups is 2. The summed E-state index contributed by atoms with van der Waals surface area (Å²) in [6.45, 7) is 11.3. The van der Waals surface area contributed by atoms with Crippen LogP contribution in [-0.2, 0) is 9.59 Å². The van der Waals surface area contributed by atoms with Crippen molar-refractivity contribution < 1.29 is 25.6 Å². The van der Waals surface area contributed by atoms with E-state index in [4.69, 9.17) is 10.2 Å².